The molecule has 1 aromatic rings. The molecule has 30 heavy (non-hydrogen) atoms. The Balaban J connectivity index is 2.32. The zero-order valence-corrected chi connectivity index (χ0v) is 18.9. The first-order valence-electron chi connectivity index (χ1n) is 12.0. The second-order valence-electron chi connectivity index (χ2n) is 8.64. The van der Waals surface area contributed by atoms with Crippen molar-refractivity contribution in [2.24, 2.45) is 5.92 Å². The lowest BCUT2D eigenvalue weighted by molar-refractivity contribution is -0.148. The lowest BCUT2D eigenvalue weighted by Gasteiger charge is -2.18. The minimum atomic E-state index is -1.03. The monoisotopic (exact) mass is 418 g/mol. The molecule has 0 fully saturated rings. The maximum atomic E-state index is 11.2. The van der Waals surface area contributed by atoms with Crippen molar-refractivity contribution in [2.45, 2.75) is 109 Å². The second-order valence-corrected chi connectivity index (χ2v) is 8.64. The highest BCUT2D eigenvalue weighted by molar-refractivity contribution is 5.77. The van der Waals surface area contributed by atoms with Crippen LogP contribution in [0.25, 0.3) is 0 Å². The Hall–Kier alpha value is -1.84. The number of rotatable bonds is 19. The summed E-state index contributed by atoms with van der Waals surface area (Å²) in [6.45, 7) is 2.25. The molecule has 0 aliphatic rings. The second kappa shape index (κ2) is 16.9. The lowest BCUT2D eigenvalue weighted by atomic mass is 9.87. The number of hydrogen-bond donors (Lipinski definition) is 2. The minimum absolute atomic E-state index is 0.277. The summed E-state index contributed by atoms with van der Waals surface area (Å²) < 4.78 is 0. The van der Waals surface area contributed by atoms with Gasteiger partial charge in [0.15, 0.2) is 0 Å². The van der Waals surface area contributed by atoms with Crippen molar-refractivity contribution < 1.29 is 19.8 Å². The first-order chi connectivity index (χ1) is 14.5. The van der Waals surface area contributed by atoms with Crippen LogP contribution in [0.3, 0.4) is 0 Å². The van der Waals surface area contributed by atoms with Crippen LogP contribution in [-0.4, -0.2) is 22.2 Å². The van der Waals surface area contributed by atoms with E-state index in [1.54, 1.807) is 0 Å². The third kappa shape index (κ3) is 12.7. The molecular weight excluding hydrogens is 376 g/mol. The minimum Gasteiger partial charge on any atom is -0.481 e. The van der Waals surface area contributed by atoms with Crippen LogP contribution in [-0.2, 0) is 9.59 Å². The van der Waals surface area contributed by atoms with E-state index in [9.17, 15) is 9.59 Å². The fourth-order valence-electron chi connectivity index (χ4n) is 4.21. The Bertz CT molecular complexity index is 570. The molecule has 0 saturated heterocycles. The molecule has 0 saturated carbocycles. The van der Waals surface area contributed by atoms with Gasteiger partial charge in [-0.05, 0) is 30.7 Å². The number of benzene rings is 1. The first kappa shape index (κ1) is 26.2. The van der Waals surface area contributed by atoms with Gasteiger partial charge in [0.2, 0.25) is 0 Å². The highest BCUT2D eigenvalue weighted by atomic mass is 16.4. The van der Waals surface area contributed by atoms with E-state index >= 15 is 0 Å². The smallest absolute Gasteiger partial charge is 0.307 e. The summed E-state index contributed by atoms with van der Waals surface area (Å²) in [5.41, 5.74) is 1.41. The molecule has 0 aliphatic carbocycles. The summed E-state index contributed by atoms with van der Waals surface area (Å²) in [7, 11) is 0. The molecule has 4 nitrogen and oxygen atoms in total. The van der Waals surface area contributed by atoms with Crippen molar-refractivity contribution in [1.29, 1.82) is 0 Å². The number of carboxylic acid groups (broad SMARTS) is 2. The predicted molar refractivity (Wildman–Crippen MR) is 123 cm³/mol. The van der Waals surface area contributed by atoms with E-state index in [0.717, 1.165) is 25.7 Å². The maximum absolute atomic E-state index is 11.2. The van der Waals surface area contributed by atoms with E-state index in [0.29, 0.717) is 12.3 Å². The first-order valence-corrected chi connectivity index (χ1v) is 12.0. The van der Waals surface area contributed by atoms with E-state index in [-0.39, 0.29) is 6.42 Å². The van der Waals surface area contributed by atoms with Gasteiger partial charge in [-0.15, -0.1) is 0 Å². The molecule has 2 atom stereocenters. The molecule has 2 N–H and O–H groups in total. The molecule has 0 heterocycles. The SMILES string of the molecule is CCCCCCCCCCC(CCCCCC(CC(=O)O)C(=O)O)c1ccccc1. The molecule has 0 radical (unpaired) electrons. The Labute approximate surface area is 183 Å². The molecule has 1 rings (SSSR count). The number of carboxylic acids is 2. The summed E-state index contributed by atoms with van der Waals surface area (Å²) in [4.78, 5) is 22.0. The van der Waals surface area contributed by atoms with Crippen LogP contribution in [0, 0.1) is 5.92 Å². The number of carbonyl (C=O) groups is 2. The van der Waals surface area contributed by atoms with Gasteiger partial charge in [-0.25, -0.2) is 0 Å². The van der Waals surface area contributed by atoms with Crippen molar-refractivity contribution in [3.05, 3.63) is 35.9 Å². The zero-order valence-electron chi connectivity index (χ0n) is 18.9. The summed E-state index contributed by atoms with van der Waals surface area (Å²) in [5, 5.41) is 18.0. The van der Waals surface area contributed by atoms with Gasteiger partial charge >= 0.3 is 11.9 Å². The number of hydrogen-bond acceptors (Lipinski definition) is 2. The maximum Gasteiger partial charge on any atom is 0.307 e. The third-order valence-electron chi connectivity index (χ3n) is 6.05. The third-order valence-corrected chi connectivity index (χ3v) is 6.05. The van der Waals surface area contributed by atoms with E-state index in [4.69, 9.17) is 10.2 Å². The van der Waals surface area contributed by atoms with E-state index in [1.165, 1.54) is 63.4 Å². The standard InChI is InChI=1S/C26H42O4/c1-2-3-4-5-6-7-8-11-16-22(23-17-12-9-13-18-23)19-14-10-15-20-24(26(29)30)21-25(27)28/h9,12-13,17-18,22,24H,2-8,10-11,14-16,19-21H2,1H3,(H,27,28)(H,29,30). The fourth-order valence-corrected chi connectivity index (χ4v) is 4.21. The molecule has 0 amide bonds. The van der Waals surface area contributed by atoms with Crippen LogP contribution in [0.4, 0.5) is 0 Å². The summed E-state index contributed by atoms with van der Waals surface area (Å²) in [6.07, 6.45) is 16.0. The van der Waals surface area contributed by atoms with Gasteiger partial charge in [0.1, 0.15) is 0 Å². The highest BCUT2D eigenvalue weighted by Crippen LogP contribution is 2.29. The molecular formula is C26H42O4. The van der Waals surface area contributed by atoms with Crippen LogP contribution in [0.15, 0.2) is 30.3 Å². The number of aliphatic carboxylic acids is 2. The van der Waals surface area contributed by atoms with Gasteiger partial charge in [0.25, 0.3) is 0 Å². The quantitative estimate of drug-likeness (QED) is 0.229. The van der Waals surface area contributed by atoms with Crippen molar-refractivity contribution in [3.8, 4) is 0 Å². The van der Waals surface area contributed by atoms with Crippen molar-refractivity contribution >= 4 is 11.9 Å². The van der Waals surface area contributed by atoms with Gasteiger partial charge in [-0.1, -0.05) is 108 Å². The van der Waals surface area contributed by atoms with Crippen LogP contribution in [0.1, 0.15) is 115 Å². The van der Waals surface area contributed by atoms with Gasteiger partial charge in [0, 0.05) is 0 Å². The Morgan fingerprint density at radius 1 is 0.733 bits per heavy atom. The Morgan fingerprint density at radius 2 is 1.23 bits per heavy atom. The van der Waals surface area contributed by atoms with Gasteiger partial charge in [-0.3, -0.25) is 9.59 Å². The Morgan fingerprint density at radius 3 is 1.77 bits per heavy atom. The molecule has 0 aromatic heterocycles. The molecule has 170 valence electrons. The predicted octanol–water partition coefficient (Wildman–Crippen LogP) is 7.43. The molecule has 4 heteroatoms. The number of unbranched alkanes of at least 4 members (excludes halogenated alkanes) is 9. The highest BCUT2D eigenvalue weighted by Gasteiger charge is 2.20. The van der Waals surface area contributed by atoms with Crippen LogP contribution >= 0.6 is 0 Å². The average Bonchev–Trinajstić information content (AvgIpc) is 2.73. The molecule has 0 bridgehead atoms. The molecule has 0 aliphatic heterocycles. The van der Waals surface area contributed by atoms with Crippen molar-refractivity contribution in [1.82, 2.24) is 0 Å². The topological polar surface area (TPSA) is 74.6 Å². The van der Waals surface area contributed by atoms with Crippen molar-refractivity contribution in [2.75, 3.05) is 0 Å². The van der Waals surface area contributed by atoms with Crippen molar-refractivity contribution in [3.63, 3.8) is 0 Å². The van der Waals surface area contributed by atoms with Crippen LogP contribution in [0.5, 0.6) is 0 Å². The average molecular weight is 419 g/mol. The van der Waals surface area contributed by atoms with Gasteiger partial charge < -0.3 is 10.2 Å². The van der Waals surface area contributed by atoms with Crippen LogP contribution < -0.4 is 0 Å². The van der Waals surface area contributed by atoms with Crippen LogP contribution in [0.2, 0.25) is 0 Å². The van der Waals surface area contributed by atoms with E-state index in [2.05, 4.69) is 37.3 Å². The van der Waals surface area contributed by atoms with Gasteiger partial charge in [0.05, 0.1) is 12.3 Å². The largest absolute Gasteiger partial charge is 0.481 e. The normalized spacial score (nSPS) is 13.1. The lowest BCUT2D eigenvalue weighted by Crippen LogP contribution is -2.17. The summed E-state index contributed by atoms with van der Waals surface area (Å²) in [6, 6.07) is 10.7. The Kier molecular flexibility index (Phi) is 14.8. The molecule has 1 aromatic carbocycles. The molecule has 2 unspecified atom stereocenters. The van der Waals surface area contributed by atoms with E-state index < -0.39 is 17.9 Å². The summed E-state index contributed by atoms with van der Waals surface area (Å²) in [5.74, 6) is -2.21. The van der Waals surface area contributed by atoms with Gasteiger partial charge in [-0.2, -0.15) is 0 Å². The fraction of sp³-hybridized carbons (Fsp3) is 0.692. The van der Waals surface area contributed by atoms with E-state index in [1.807, 2.05) is 0 Å². The zero-order chi connectivity index (χ0) is 22.0. The summed E-state index contributed by atoms with van der Waals surface area (Å²) >= 11 is 0. The molecule has 0 spiro atoms.